The summed E-state index contributed by atoms with van der Waals surface area (Å²) in [7, 11) is 0. The molecule has 250 valence electrons. The molecular formula is C38H34Cl2N4O4S. The highest BCUT2D eigenvalue weighted by molar-refractivity contribution is 7.51. The number of nitrogen functional groups attached to an aromatic ring is 4. The van der Waals surface area contributed by atoms with Crippen molar-refractivity contribution in [3.05, 3.63) is 167 Å². The molecule has 0 heterocycles. The maximum absolute atomic E-state index is 11.4. The van der Waals surface area contributed by atoms with Gasteiger partial charge in [-0.2, -0.15) is 8.42 Å². The molecule has 0 aromatic heterocycles. The van der Waals surface area contributed by atoms with Gasteiger partial charge in [0.25, 0.3) is 0 Å². The Bertz CT molecular complexity index is 1710. The first-order valence-corrected chi connectivity index (χ1v) is 16.0. The van der Waals surface area contributed by atoms with Crippen LogP contribution in [0.2, 0.25) is 10.0 Å². The second-order valence-electron chi connectivity index (χ2n) is 10.4. The Kier molecular flexibility index (Phi) is 14.9. The zero-order valence-electron chi connectivity index (χ0n) is 26.1. The molecule has 0 saturated carbocycles. The van der Waals surface area contributed by atoms with E-state index in [1.165, 1.54) is 0 Å². The van der Waals surface area contributed by atoms with Crippen molar-refractivity contribution in [3.8, 4) is 22.3 Å². The topological polar surface area (TPSA) is 176 Å². The summed E-state index contributed by atoms with van der Waals surface area (Å²) in [6, 6.07) is 44.8. The Morgan fingerprint density at radius 3 is 0.837 bits per heavy atom. The molecule has 11 heteroatoms. The molecule has 6 rings (SSSR count). The van der Waals surface area contributed by atoms with E-state index in [4.69, 9.17) is 54.6 Å². The number of carboxylic acid groups (broad SMARTS) is 1. The number of benzene rings is 6. The lowest BCUT2D eigenvalue weighted by Crippen LogP contribution is -2.12. The van der Waals surface area contributed by atoms with Crippen LogP contribution in [-0.4, -0.2) is 19.5 Å². The fraction of sp³-hybridized carbons (Fsp3) is 0.0263. The largest absolute Gasteiger partial charge is 0.481 e. The number of anilines is 4. The predicted octanol–water partition coefficient (Wildman–Crippen LogP) is 8.58. The molecule has 0 amide bonds. The standard InChI is InChI=1S/C14H10Cl2O2.2C12H12N2.O2S/c15-11-5-1-9(2-6-11)13(14(17)18)10-3-7-12(16)8-4-10;2*13-11-5-1-9(2-6-11)10-3-7-12(14)8-4-10;1-3-2/h1-8,13H,(H,17,18);2*1-8H,13-14H2;. The maximum Gasteiger partial charge on any atom is 0.335 e. The highest BCUT2D eigenvalue weighted by Crippen LogP contribution is 2.27. The molecule has 9 N–H and O–H groups in total. The van der Waals surface area contributed by atoms with Crippen molar-refractivity contribution in [2.75, 3.05) is 22.9 Å². The smallest absolute Gasteiger partial charge is 0.335 e. The summed E-state index contributed by atoms with van der Waals surface area (Å²) in [5, 5.41) is 10.5. The lowest BCUT2D eigenvalue weighted by atomic mass is 9.91. The number of aliphatic carboxylic acids is 1. The van der Waals surface area contributed by atoms with Gasteiger partial charge in [0.1, 0.15) is 5.92 Å². The summed E-state index contributed by atoms with van der Waals surface area (Å²) in [6.07, 6.45) is 0. The fourth-order valence-corrected chi connectivity index (χ4v) is 4.74. The van der Waals surface area contributed by atoms with Gasteiger partial charge in [0.2, 0.25) is 0 Å². The van der Waals surface area contributed by atoms with Gasteiger partial charge < -0.3 is 28.0 Å². The van der Waals surface area contributed by atoms with Crippen LogP contribution in [0.3, 0.4) is 0 Å². The first kappa shape index (κ1) is 37.8. The lowest BCUT2D eigenvalue weighted by molar-refractivity contribution is -0.137. The molecule has 0 fully saturated rings. The van der Waals surface area contributed by atoms with Crippen LogP contribution < -0.4 is 22.9 Å². The number of hydrogen-bond acceptors (Lipinski definition) is 7. The minimum Gasteiger partial charge on any atom is -0.481 e. The zero-order valence-corrected chi connectivity index (χ0v) is 28.4. The van der Waals surface area contributed by atoms with Crippen LogP contribution in [-0.2, 0) is 16.4 Å². The molecule has 8 nitrogen and oxygen atoms in total. The summed E-state index contributed by atoms with van der Waals surface area (Å²) < 4.78 is 16.6. The molecule has 0 aliphatic rings. The SMILES string of the molecule is Nc1ccc(-c2ccc(N)cc2)cc1.Nc1ccc(-c2ccc(N)cc2)cc1.O=C(O)C(c1ccc(Cl)cc1)c1ccc(Cl)cc1.O=S=O. The summed E-state index contributed by atoms with van der Waals surface area (Å²) in [5.41, 5.74) is 31.5. The molecule has 0 saturated heterocycles. The molecule has 6 aromatic rings. The number of carboxylic acids is 1. The third-order valence-electron chi connectivity index (χ3n) is 6.96. The van der Waals surface area contributed by atoms with Gasteiger partial charge in [-0.3, -0.25) is 4.79 Å². The summed E-state index contributed by atoms with van der Waals surface area (Å²) in [6.45, 7) is 0. The van der Waals surface area contributed by atoms with Gasteiger partial charge in [0.05, 0.1) is 0 Å². The fourth-order valence-electron chi connectivity index (χ4n) is 4.49. The van der Waals surface area contributed by atoms with Crippen LogP contribution in [0.4, 0.5) is 22.7 Å². The van der Waals surface area contributed by atoms with E-state index in [2.05, 4.69) is 0 Å². The van der Waals surface area contributed by atoms with E-state index >= 15 is 0 Å². The Morgan fingerprint density at radius 1 is 0.449 bits per heavy atom. The van der Waals surface area contributed by atoms with E-state index in [0.29, 0.717) is 21.2 Å². The minimum atomic E-state index is -0.903. The second kappa shape index (κ2) is 19.3. The zero-order chi connectivity index (χ0) is 35.8. The lowest BCUT2D eigenvalue weighted by Gasteiger charge is -2.13. The number of rotatable bonds is 5. The number of carbonyl (C=O) groups is 1. The number of halogens is 2. The molecule has 0 spiro atoms. The second-order valence-corrected chi connectivity index (χ2v) is 11.4. The van der Waals surface area contributed by atoms with Crippen LogP contribution in [0.1, 0.15) is 17.0 Å². The first-order valence-electron chi connectivity index (χ1n) is 14.6. The third kappa shape index (κ3) is 12.5. The summed E-state index contributed by atoms with van der Waals surface area (Å²) in [5.74, 6) is -1.61. The Hall–Kier alpha value is -5.61. The molecule has 0 radical (unpaired) electrons. The third-order valence-corrected chi connectivity index (χ3v) is 7.47. The van der Waals surface area contributed by atoms with E-state index < -0.39 is 23.5 Å². The van der Waals surface area contributed by atoms with E-state index in [-0.39, 0.29) is 0 Å². The quantitative estimate of drug-likeness (QED) is 0.110. The van der Waals surface area contributed by atoms with E-state index in [9.17, 15) is 9.90 Å². The molecule has 6 aromatic carbocycles. The average molecular weight is 714 g/mol. The van der Waals surface area contributed by atoms with Crippen LogP contribution in [0.5, 0.6) is 0 Å². The van der Waals surface area contributed by atoms with Crippen LogP contribution in [0.25, 0.3) is 22.3 Å². The van der Waals surface area contributed by atoms with Gasteiger partial charge in [-0.1, -0.05) is 96.0 Å². The highest BCUT2D eigenvalue weighted by atomic mass is 35.5. The highest BCUT2D eigenvalue weighted by Gasteiger charge is 2.21. The molecule has 0 aliphatic heterocycles. The Labute approximate surface area is 298 Å². The van der Waals surface area contributed by atoms with Crippen molar-refractivity contribution < 1.29 is 18.3 Å². The van der Waals surface area contributed by atoms with Gasteiger partial charge in [0.15, 0.2) is 0 Å². The van der Waals surface area contributed by atoms with Gasteiger partial charge in [0, 0.05) is 32.8 Å². The van der Waals surface area contributed by atoms with E-state index in [1.54, 1.807) is 48.5 Å². The Morgan fingerprint density at radius 2 is 0.653 bits per heavy atom. The van der Waals surface area contributed by atoms with Gasteiger partial charge >= 0.3 is 17.5 Å². The Balaban J connectivity index is 0.000000193. The normalized spacial score (nSPS) is 9.86. The van der Waals surface area contributed by atoms with Crippen LogP contribution in [0, 0.1) is 0 Å². The maximum atomic E-state index is 11.4. The van der Waals surface area contributed by atoms with Gasteiger partial charge in [-0.05, 0) is 106 Å². The molecule has 0 aliphatic carbocycles. The van der Waals surface area contributed by atoms with Gasteiger partial charge in [-0.15, -0.1) is 0 Å². The van der Waals surface area contributed by atoms with Crippen molar-refractivity contribution in [2.45, 2.75) is 5.92 Å². The number of hydrogen-bond donors (Lipinski definition) is 5. The molecule has 49 heavy (non-hydrogen) atoms. The van der Waals surface area contributed by atoms with E-state index in [1.807, 2.05) is 97.1 Å². The van der Waals surface area contributed by atoms with Crippen molar-refractivity contribution in [3.63, 3.8) is 0 Å². The summed E-state index contributed by atoms with van der Waals surface area (Å²) >= 11 is 10.8. The van der Waals surface area contributed by atoms with Crippen molar-refractivity contribution in [2.24, 2.45) is 0 Å². The van der Waals surface area contributed by atoms with Gasteiger partial charge in [-0.25, -0.2) is 0 Å². The van der Waals surface area contributed by atoms with Crippen LogP contribution >= 0.6 is 23.2 Å². The molecular weight excluding hydrogens is 679 g/mol. The summed E-state index contributed by atoms with van der Waals surface area (Å²) in [4.78, 5) is 11.4. The monoisotopic (exact) mass is 712 g/mol. The minimum absolute atomic E-state index is 0.582. The molecule has 0 unspecified atom stereocenters. The first-order chi connectivity index (χ1) is 23.5. The van der Waals surface area contributed by atoms with Crippen molar-refractivity contribution in [1.29, 1.82) is 0 Å². The van der Waals surface area contributed by atoms with E-state index in [0.717, 1.165) is 45.0 Å². The predicted molar refractivity (Wildman–Crippen MR) is 203 cm³/mol. The van der Waals surface area contributed by atoms with Crippen molar-refractivity contribution >= 4 is 63.5 Å². The van der Waals surface area contributed by atoms with Crippen molar-refractivity contribution in [1.82, 2.24) is 0 Å². The molecule has 0 bridgehead atoms. The number of nitrogens with two attached hydrogens (primary N) is 4. The van der Waals surface area contributed by atoms with Crippen LogP contribution in [0.15, 0.2) is 146 Å². The average Bonchev–Trinajstić information content (AvgIpc) is 3.09. The molecule has 0 atom stereocenters.